The standard InChI is InChI=1S/C9H8O4/c10-7-2-1-3-8(11)6(7)4-5-9(12)13/h1-5,10-11H,(H,12,13). The third kappa shape index (κ3) is 2.23. The summed E-state index contributed by atoms with van der Waals surface area (Å²) in [5.41, 5.74) is 0.102. The highest BCUT2D eigenvalue weighted by molar-refractivity contribution is 5.86. The number of benzene rings is 1. The molecule has 4 heteroatoms. The van der Waals surface area contributed by atoms with Gasteiger partial charge in [-0.15, -0.1) is 0 Å². The Bertz CT molecular complexity index is 334. The van der Waals surface area contributed by atoms with E-state index in [-0.39, 0.29) is 17.1 Å². The van der Waals surface area contributed by atoms with Gasteiger partial charge in [0.25, 0.3) is 0 Å². The van der Waals surface area contributed by atoms with Crippen LogP contribution in [0.5, 0.6) is 11.5 Å². The number of phenols is 2. The monoisotopic (exact) mass is 180 g/mol. The number of aromatic hydroxyl groups is 2. The fourth-order valence-corrected chi connectivity index (χ4v) is 0.867. The Hall–Kier alpha value is -1.97. The molecule has 0 aliphatic heterocycles. The third-order valence-electron chi connectivity index (χ3n) is 1.45. The average Bonchev–Trinajstić information content (AvgIpc) is 2.03. The summed E-state index contributed by atoms with van der Waals surface area (Å²) < 4.78 is 0. The largest absolute Gasteiger partial charge is 0.507 e. The Morgan fingerprint density at radius 2 is 1.77 bits per heavy atom. The molecule has 0 unspecified atom stereocenters. The first kappa shape index (κ1) is 9.12. The summed E-state index contributed by atoms with van der Waals surface area (Å²) in [4.78, 5) is 10.1. The summed E-state index contributed by atoms with van der Waals surface area (Å²) in [7, 11) is 0. The van der Waals surface area contributed by atoms with Crippen molar-refractivity contribution in [1.82, 2.24) is 0 Å². The SMILES string of the molecule is O=C(O)C=Cc1c(O)cccc1O. The highest BCUT2D eigenvalue weighted by Gasteiger charge is 2.02. The third-order valence-corrected chi connectivity index (χ3v) is 1.45. The Morgan fingerprint density at radius 1 is 1.23 bits per heavy atom. The molecule has 0 fully saturated rings. The minimum atomic E-state index is -1.14. The second kappa shape index (κ2) is 3.62. The van der Waals surface area contributed by atoms with Crippen molar-refractivity contribution in [2.24, 2.45) is 0 Å². The lowest BCUT2D eigenvalue weighted by molar-refractivity contribution is -0.131. The molecule has 0 saturated carbocycles. The molecule has 1 aromatic carbocycles. The van der Waals surface area contributed by atoms with E-state index in [0.29, 0.717) is 0 Å². The second-order valence-electron chi connectivity index (χ2n) is 2.38. The first-order valence-electron chi connectivity index (χ1n) is 3.53. The summed E-state index contributed by atoms with van der Waals surface area (Å²) in [5, 5.41) is 26.7. The molecule has 0 heterocycles. The first-order valence-corrected chi connectivity index (χ1v) is 3.53. The van der Waals surface area contributed by atoms with Crippen LogP contribution in [0.4, 0.5) is 0 Å². The second-order valence-corrected chi connectivity index (χ2v) is 2.38. The number of phenolic OH excluding ortho intramolecular Hbond substituents is 2. The van der Waals surface area contributed by atoms with Crippen molar-refractivity contribution in [3.8, 4) is 11.5 Å². The predicted octanol–water partition coefficient (Wildman–Crippen LogP) is 1.20. The van der Waals surface area contributed by atoms with E-state index in [1.807, 2.05) is 0 Å². The smallest absolute Gasteiger partial charge is 0.328 e. The number of aliphatic carboxylic acids is 1. The van der Waals surface area contributed by atoms with Crippen LogP contribution in [0.3, 0.4) is 0 Å². The highest BCUT2D eigenvalue weighted by Crippen LogP contribution is 2.27. The van der Waals surface area contributed by atoms with Crippen molar-refractivity contribution >= 4 is 12.0 Å². The van der Waals surface area contributed by atoms with Gasteiger partial charge in [-0.3, -0.25) is 0 Å². The lowest BCUT2D eigenvalue weighted by Gasteiger charge is -2.00. The number of carbonyl (C=O) groups is 1. The maximum absolute atomic E-state index is 10.1. The van der Waals surface area contributed by atoms with Gasteiger partial charge in [0.15, 0.2) is 0 Å². The summed E-state index contributed by atoms with van der Waals surface area (Å²) in [6.45, 7) is 0. The van der Waals surface area contributed by atoms with Gasteiger partial charge in [-0.2, -0.15) is 0 Å². The van der Waals surface area contributed by atoms with E-state index in [1.165, 1.54) is 18.2 Å². The van der Waals surface area contributed by atoms with Crippen LogP contribution in [-0.2, 0) is 4.79 Å². The molecule has 0 bridgehead atoms. The number of hydrogen-bond donors (Lipinski definition) is 3. The quantitative estimate of drug-likeness (QED) is 0.597. The Kier molecular flexibility index (Phi) is 2.54. The molecule has 68 valence electrons. The molecule has 0 atom stereocenters. The molecular weight excluding hydrogens is 172 g/mol. The molecular formula is C9H8O4. The first-order chi connectivity index (χ1) is 6.11. The van der Waals surface area contributed by atoms with Gasteiger partial charge in [0, 0.05) is 6.08 Å². The van der Waals surface area contributed by atoms with Crippen LogP contribution in [0, 0.1) is 0 Å². The Morgan fingerprint density at radius 3 is 2.23 bits per heavy atom. The van der Waals surface area contributed by atoms with Crippen LogP contribution in [0.1, 0.15) is 5.56 Å². The van der Waals surface area contributed by atoms with Crippen LogP contribution in [0.25, 0.3) is 6.08 Å². The molecule has 0 aliphatic rings. The van der Waals surface area contributed by atoms with Gasteiger partial charge in [-0.1, -0.05) is 6.07 Å². The zero-order valence-corrected chi connectivity index (χ0v) is 6.64. The van der Waals surface area contributed by atoms with Gasteiger partial charge in [-0.05, 0) is 18.2 Å². The van der Waals surface area contributed by atoms with Crippen molar-refractivity contribution < 1.29 is 20.1 Å². The van der Waals surface area contributed by atoms with E-state index in [4.69, 9.17) is 5.11 Å². The fraction of sp³-hybridized carbons (Fsp3) is 0. The molecule has 1 aromatic rings. The normalized spacial score (nSPS) is 10.5. The fourth-order valence-electron chi connectivity index (χ4n) is 0.867. The molecule has 4 nitrogen and oxygen atoms in total. The number of hydrogen-bond acceptors (Lipinski definition) is 3. The molecule has 1 rings (SSSR count). The molecule has 0 radical (unpaired) electrons. The van der Waals surface area contributed by atoms with Crippen LogP contribution in [0.2, 0.25) is 0 Å². The number of carboxylic acid groups (broad SMARTS) is 1. The summed E-state index contributed by atoms with van der Waals surface area (Å²) in [5.74, 6) is -1.45. The van der Waals surface area contributed by atoms with Crippen LogP contribution in [0.15, 0.2) is 24.3 Å². The number of rotatable bonds is 2. The van der Waals surface area contributed by atoms with Crippen molar-refractivity contribution in [2.75, 3.05) is 0 Å². The van der Waals surface area contributed by atoms with E-state index in [1.54, 1.807) is 0 Å². The lowest BCUT2D eigenvalue weighted by atomic mass is 10.1. The van der Waals surface area contributed by atoms with E-state index in [9.17, 15) is 15.0 Å². The van der Waals surface area contributed by atoms with Gasteiger partial charge >= 0.3 is 5.97 Å². The van der Waals surface area contributed by atoms with Gasteiger partial charge in [0.1, 0.15) is 11.5 Å². The summed E-state index contributed by atoms with van der Waals surface area (Å²) in [6, 6.07) is 4.19. The average molecular weight is 180 g/mol. The Balaban J connectivity index is 3.06. The minimum absolute atomic E-state index is 0.102. The zero-order chi connectivity index (χ0) is 9.84. The van der Waals surface area contributed by atoms with Gasteiger partial charge < -0.3 is 15.3 Å². The van der Waals surface area contributed by atoms with Gasteiger partial charge in [0.05, 0.1) is 5.56 Å². The Labute approximate surface area is 74.4 Å². The van der Waals surface area contributed by atoms with E-state index >= 15 is 0 Å². The lowest BCUT2D eigenvalue weighted by Crippen LogP contribution is -1.86. The van der Waals surface area contributed by atoms with Crippen molar-refractivity contribution in [3.63, 3.8) is 0 Å². The van der Waals surface area contributed by atoms with Gasteiger partial charge in [-0.25, -0.2) is 4.79 Å². The van der Waals surface area contributed by atoms with Crippen LogP contribution < -0.4 is 0 Å². The van der Waals surface area contributed by atoms with Crippen molar-refractivity contribution in [1.29, 1.82) is 0 Å². The van der Waals surface area contributed by atoms with E-state index in [2.05, 4.69) is 0 Å². The predicted molar refractivity (Wildman–Crippen MR) is 46.4 cm³/mol. The molecule has 3 N–H and O–H groups in total. The van der Waals surface area contributed by atoms with Crippen LogP contribution >= 0.6 is 0 Å². The molecule has 0 amide bonds. The molecule has 13 heavy (non-hydrogen) atoms. The maximum atomic E-state index is 10.1. The van der Waals surface area contributed by atoms with E-state index in [0.717, 1.165) is 12.2 Å². The summed E-state index contributed by atoms with van der Waals surface area (Å²) >= 11 is 0. The molecule has 0 spiro atoms. The molecule has 0 aromatic heterocycles. The topological polar surface area (TPSA) is 77.8 Å². The van der Waals surface area contributed by atoms with Crippen molar-refractivity contribution in [2.45, 2.75) is 0 Å². The molecule has 0 saturated heterocycles. The number of carboxylic acids is 1. The minimum Gasteiger partial charge on any atom is -0.507 e. The van der Waals surface area contributed by atoms with E-state index < -0.39 is 5.97 Å². The zero-order valence-electron chi connectivity index (χ0n) is 6.64. The highest BCUT2D eigenvalue weighted by atomic mass is 16.4. The maximum Gasteiger partial charge on any atom is 0.328 e. The van der Waals surface area contributed by atoms with Gasteiger partial charge in [0.2, 0.25) is 0 Å². The molecule has 0 aliphatic carbocycles. The van der Waals surface area contributed by atoms with Crippen molar-refractivity contribution in [3.05, 3.63) is 29.8 Å². The summed E-state index contributed by atoms with van der Waals surface area (Å²) in [6.07, 6.45) is 1.97. The van der Waals surface area contributed by atoms with Crippen LogP contribution in [-0.4, -0.2) is 21.3 Å².